The third kappa shape index (κ3) is 1.29. The number of nitrogens with one attached hydrogen (secondary N) is 1. The number of hydrogen-bond donors (Lipinski definition) is 2. The van der Waals surface area contributed by atoms with Gasteiger partial charge < -0.3 is 10.4 Å². The predicted molar refractivity (Wildman–Crippen MR) is 42.4 cm³/mol. The number of rotatable bonds is 0. The minimum atomic E-state index is -0.0440. The second-order valence-corrected chi connectivity index (χ2v) is 3.20. The number of piperidine rings is 1. The van der Waals surface area contributed by atoms with E-state index in [0.717, 1.165) is 6.42 Å². The van der Waals surface area contributed by atoms with Gasteiger partial charge in [0, 0.05) is 12.1 Å². The van der Waals surface area contributed by atoms with Crippen LogP contribution < -0.4 is 5.32 Å². The Kier molecular flexibility index (Phi) is 2.55. The van der Waals surface area contributed by atoms with Crippen molar-refractivity contribution >= 4 is 12.4 Å². The zero-order chi connectivity index (χ0) is 6.27. The average Bonchev–Trinajstić information content (AvgIpc) is 2.09. The Labute approximate surface area is 67.4 Å². The second kappa shape index (κ2) is 3.07. The first-order valence-corrected chi connectivity index (χ1v) is 3.80. The molecule has 2 nitrogen and oxygen atoms in total. The van der Waals surface area contributed by atoms with Crippen LogP contribution in [-0.4, -0.2) is 23.3 Å². The lowest BCUT2D eigenvalue weighted by Gasteiger charge is -2.20. The van der Waals surface area contributed by atoms with Gasteiger partial charge in [0.2, 0.25) is 0 Å². The SMILES string of the molecule is Cl.O[C@@H]1C[C@@H]2CCC[C@H]1N2. The Morgan fingerprint density at radius 3 is 2.70 bits per heavy atom. The van der Waals surface area contributed by atoms with Gasteiger partial charge in [-0.15, -0.1) is 12.4 Å². The summed E-state index contributed by atoms with van der Waals surface area (Å²) in [7, 11) is 0. The molecule has 2 heterocycles. The summed E-state index contributed by atoms with van der Waals surface area (Å²) in [6.45, 7) is 0. The Morgan fingerprint density at radius 1 is 1.30 bits per heavy atom. The minimum absolute atomic E-state index is 0. The van der Waals surface area contributed by atoms with E-state index < -0.39 is 0 Å². The van der Waals surface area contributed by atoms with Crippen LogP contribution in [-0.2, 0) is 0 Å². The van der Waals surface area contributed by atoms with Crippen molar-refractivity contribution in [1.29, 1.82) is 0 Å². The number of halogens is 1. The van der Waals surface area contributed by atoms with E-state index in [-0.39, 0.29) is 18.5 Å². The molecule has 2 N–H and O–H groups in total. The number of aliphatic hydroxyl groups excluding tert-OH is 1. The maximum absolute atomic E-state index is 9.34. The molecule has 2 aliphatic heterocycles. The molecule has 0 aromatic rings. The van der Waals surface area contributed by atoms with Crippen molar-refractivity contribution in [1.82, 2.24) is 5.32 Å². The summed E-state index contributed by atoms with van der Waals surface area (Å²) in [5, 5.41) is 12.7. The zero-order valence-corrected chi connectivity index (χ0v) is 6.73. The molecule has 0 unspecified atom stereocenters. The molecule has 10 heavy (non-hydrogen) atoms. The van der Waals surface area contributed by atoms with Crippen LogP contribution in [0.3, 0.4) is 0 Å². The van der Waals surface area contributed by atoms with Gasteiger partial charge in [-0.25, -0.2) is 0 Å². The molecule has 2 bridgehead atoms. The van der Waals surface area contributed by atoms with E-state index in [1.54, 1.807) is 0 Å². The summed E-state index contributed by atoms with van der Waals surface area (Å²) in [4.78, 5) is 0. The molecule has 0 aromatic carbocycles. The van der Waals surface area contributed by atoms with Crippen LogP contribution in [0.15, 0.2) is 0 Å². The molecule has 2 rings (SSSR count). The van der Waals surface area contributed by atoms with E-state index >= 15 is 0 Å². The summed E-state index contributed by atoms with van der Waals surface area (Å²) in [6, 6.07) is 1.07. The van der Waals surface area contributed by atoms with E-state index in [9.17, 15) is 5.11 Å². The van der Waals surface area contributed by atoms with Gasteiger partial charge in [-0.1, -0.05) is 6.42 Å². The van der Waals surface area contributed by atoms with Gasteiger partial charge >= 0.3 is 0 Å². The predicted octanol–water partition coefficient (Wildman–Crippen LogP) is 0.683. The molecular formula is C7H14ClNO. The standard InChI is InChI=1S/C7H13NO.ClH/c9-7-4-5-2-1-3-6(7)8-5;/h5-9H,1-4H2;1H/t5-,6+,7+;/m0./s1. The zero-order valence-electron chi connectivity index (χ0n) is 5.92. The lowest BCUT2D eigenvalue weighted by molar-refractivity contribution is 0.156. The molecule has 60 valence electrons. The number of fused-ring (bicyclic) bond motifs is 2. The molecular weight excluding hydrogens is 150 g/mol. The van der Waals surface area contributed by atoms with Crippen molar-refractivity contribution < 1.29 is 5.11 Å². The molecule has 0 aromatic heterocycles. The molecule has 3 atom stereocenters. The van der Waals surface area contributed by atoms with Gasteiger partial charge in [0.25, 0.3) is 0 Å². The van der Waals surface area contributed by atoms with Crippen molar-refractivity contribution in [3.05, 3.63) is 0 Å². The molecule has 2 aliphatic rings. The fourth-order valence-corrected chi connectivity index (χ4v) is 2.00. The van der Waals surface area contributed by atoms with E-state index in [4.69, 9.17) is 0 Å². The van der Waals surface area contributed by atoms with Crippen molar-refractivity contribution in [2.75, 3.05) is 0 Å². The van der Waals surface area contributed by atoms with Crippen LogP contribution in [0.2, 0.25) is 0 Å². The van der Waals surface area contributed by atoms with Crippen LogP contribution in [0, 0.1) is 0 Å². The topological polar surface area (TPSA) is 32.3 Å². The molecule has 2 saturated heterocycles. The first-order valence-electron chi connectivity index (χ1n) is 3.80. The fraction of sp³-hybridized carbons (Fsp3) is 1.00. The van der Waals surface area contributed by atoms with Gasteiger partial charge in [-0.3, -0.25) is 0 Å². The van der Waals surface area contributed by atoms with Crippen molar-refractivity contribution in [2.24, 2.45) is 0 Å². The fourth-order valence-electron chi connectivity index (χ4n) is 2.00. The molecule has 0 saturated carbocycles. The third-order valence-corrected chi connectivity index (χ3v) is 2.51. The smallest absolute Gasteiger partial charge is 0.0708 e. The first-order chi connectivity index (χ1) is 4.36. The quantitative estimate of drug-likeness (QED) is 0.551. The summed E-state index contributed by atoms with van der Waals surface area (Å²) in [6.07, 6.45) is 4.70. The van der Waals surface area contributed by atoms with Crippen LogP contribution >= 0.6 is 12.4 Å². The summed E-state index contributed by atoms with van der Waals surface area (Å²) < 4.78 is 0. The van der Waals surface area contributed by atoms with E-state index in [2.05, 4.69) is 5.32 Å². The maximum Gasteiger partial charge on any atom is 0.0708 e. The Morgan fingerprint density at radius 2 is 2.10 bits per heavy atom. The van der Waals surface area contributed by atoms with Crippen molar-refractivity contribution in [2.45, 2.75) is 43.9 Å². The van der Waals surface area contributed by atoms with Crippen molar-refractivity contribution in [3.8, 4) is 0 Å². The highest BCUT2D eigenvalue weighted by molar-refractivity contribution is 5.85. The Balaban J connectivity index is 0.000000500. The lowest BCUT2D eigenvalue weighted by Crippen LogP contribution is -2.36. The second-order valence-electron chi connectivity index (χ2n) is 3.20. The highest BCUT2D eigenvalue weighted by Gasteiger charge is 2.34. The molecule has 0 radical (unpaired) electrons. The Bertz CT molecular complexity index is 118. The molecule has 0 aliphatic carbocycles. The third-order valence-electron chi connectivity index (χ3n) is 2.51. The van der Waals surface area contributed by atoms with E-state index in [1.807, 2.05) is 0 Å². The summed E-state index contributed by atoms with van der Waals surface area (Å²) in [5.74, 6) is 0. The minimum Gasteiger partial charge on any atom is -0.391 e. The van der Waals surface area contributed by atoms with Gasteiger partial charge in [0.05, 0.1) is 6.10 Å². The number of aliphatic hydroxyl groups is 1. The van der Waals surface area contributed by atoms with Gasteiger partial charge in [-0.2, -0.15) is 0 Å². The maximum atomic E-state index is 9.34. The highest BCUT2D eigenvalue weighted by Crippen LogP contribution is 2.26. The van der Waals surface area contributed by atoms with Crippen LogP contribution in [0.5, 0.6) is 0 Å². The van der Waals surface area contributed by atoms with E-state index in [0.29, 0.717) is 12.1 Å². The molecule has 2 fully saturated rings. The average molecular weight is 164 g/mol. The van der Waals surface area contributed by atoms with Crippen LogP contribution in [0.25, 0.3) is 0 Å². The van der Waals surface area contributed by atoms with Gasteiger partial charge in [0.15, 0.2) is 0 Å². The summed E-state index contributed by atoms with van der Waals surface area (Å²) >= 11 is 0. The van der Waals surface area contributed by atoms with Gasteiger partial charge in [0.1, 0.15) is 0 Å². The van der Waals surface area contributed by atoms with Gasteiger partial charge in [-0.05, 0) is 19.3 Å². The molecule has 3 heteroatoms. The summed E-state index contributed by atoms with van der Waals surface area (Å²) in [5.41, 5.74) is 0. The highest BCUT2D eigenvalue weighted by atomic mass is 35.5. The first kappa shape index (κ1) is 8.31. The van der Waals surface area contributed by atoms with Crippen LogP contribution in [0.4, 0.5) is 0 Å². The Hall–Kier alpha value is 0.210. The monoisotopic (exact) mass is 163 g/mol. The lowest BCUT2D eigenvalue weighted by atomic mass is 10.1. The molecule has 0 spiro atoms. The van der Waals surface area contributed by atoms with E-state index in [1.165, 1.54) is 19.3 Å². The van der Waals surface area contributed by atoms with Crippen molar-refractivity contribution in [3.63, 3.8) is 0 Å². The van der Waals surface area contributed by atoms with Crippen LogP contribution in [0.1, 0.15) is 25.7 Å². The largest absolute Gasteiger partial charge is 0.391 e. The molecule has 0 amide bonds. The normalized spacial score (nSPS) is 44.7. The number of hydrogen-bond acceptors (Lipinski definition) is 2.